The first-order chi connectivity index (χ1) is 15.0. The minimum atomic E-state index is 0.276. The Bertz CT molecular complexity index is 1230. The quantitative estimate of drug-likeness (QED) is 0.496. The smallest absolute Gasteiger partial charge is 0.198 e. The van der Waals surface area contributed by atoms with Gasteiger partial charge in [0.1, 0.15) is 17.0 Å². The summed E-state index contributed by atoms with van der Waals surface area (Å²) in [6.45, 7) is 8.23. The highest BCUT2D eigenvalue weighted by atomic mass is 16.5. The number of methoxy groups -OCH3 is 1. The number of ether oxygens (including phenoxy) is 1. The highest BCUT2D eigenvalue weighted by molar-refractivity contribution is 5.89. The zero-order chi connectivity index (χ0) is 21.5. The molecule has 4 aromatic rings. The van der Waals surface area contributed by atoms with Crippen LogP contribution in [0, 0.1) is 6.92 Å². The van der Waals surface area contributed by atoms with Gasteiger partial charge in [0.2, 0.25) is 0 Å². The number of rotatable bonds is 5. The van der Waals surface area contributed by atoms with Crippen LogP contribution in [0.25, 0.3) is 34.0 Å². The Morgan fingerprint density at radius 1 is 1.19 bits per heavy atom. The van der Waals surface area contributed by atoms with Gasteiger partial charge in [-0.05, 0) is 55.2 Å². The number of hydrogen-bond acceptors (Lipinski definition) is 6. The first kappa shape index (κ1) is 19.8. The first-order valence-electron chi connectivity index (χ1n) is 10.7. The standard InChI is InChI=1S/C24H27N5O2/c1-14(2)16-9-17(11-18(10-16)29-8-7-19(12-29)30-4)21-22-24(26-13-25-22)28-23(27-21)20-6-5-15(3)31-20/h5-6,9-11,13-14,19H,7-8,12H2,1-4H3,(H,25,26,27,28). The molecule has 4 heterocycles. The van der Waals surface area contributed by atoms with Crippen LogP contribution in [0.3, 0.4) is 0 Å². The number of nitrogens with zero attached hydrogens (tertiary/aromatic N) is 4. The predicted octanol–water partition coefficient (Wildman–Crippen LogP) is 4.94. The number of H-pyrrole nitrogens is 1. The van der Waals surface area contributed by atoms with Crippen molar-refractivity contribution in [3.63, 3.8) is 0 Å². The summed E-state index contributed by atoms with van der Waals surface area (Å²) in [5, 5.41) is 0. The van der Waals surface area contributed by atoms with E-state index in [-0.39, 0.29) is 6.10 Å². The van der Waals surface area contributed by atoms with Crippen molar-refractivity contribution in [3.8, 4) is 22.8 Å². The maximum absolute atomic E-state index is 5.79. The van der Waals surface area contributed by atoms with Crippen molar-refractivity contribution in [3.05, 3.63) is 48.0 Å². The second kappa shape index (κ2) is 7.81. The minimum absolute atomic E-state index is 0.276. The number of imidazole rings is 1. The molecule has 0 amide bonds. The van der Waals surface area contributed by atoms with Gasteiger partial charge < -0.3 is 19.0 Å². The SMILES string of the molecule is COC1CCN(c2cc(-c3nc(-c4ccc(C)o4)nc4nc[nH]c34)cc(C(C)C)c2)C1. The van der Waals surface area contributed by atoms with Crippen LogP contribution in [0.5, 0.6) is 0 Å². The fraction of sp³-hybridized carbons (Fsp3) is 0.375. The highest BCUT2D eigenvalue weighted by Gasteiger charge is 2.24. The Hall–Kier alpha value is -3.19. The molecule has 160 valence electrons. The molecular weight excluding hydrogens is 390 g/mol. The van der Waals surface area contributed by atoms with E-state index in [0.717, 1.165) is 42.0 Å². The molecule has 1 atom stereocenters. The molecule has 1 fully saturated rings. The third kappa shape index (κ3) is 3.70. The topological polar surface area (TPSA) is 80.1 Å². The minimum Gasteiger partial charge on any atom is -0.458 e. The third-order valence-electron chi connectivity index (χ3n) is 5.97. The van der Waals surface area contributed by atoms with Gasteiger partial charge in [0.05, 0.1) is 12.4 Å². The Morgan fingerprint density at radius 2 is 2.06 bits per heavy atom. The van der Waals surface area contributed by atoms with Crippen molar-refractivity contribution in [1.29, 1.82) is 0 Å². The first-order valence-corrected chi connectivity index (χ1v) is 10.7. The number of anilines is 1. The highest BCUT2D eigenvalue weighted by Crippen LogP contribution is 2.34. The van der Waals surface area contributed by atoms with E-state index in [9.17, 15) is 0 Å². The lowest BCUT2D eigenvalue weighted by Gasteiger charge is -2.21. The Morgan fingerprint density at radius 3 is 2.77 bits per heavy atom. The maximum Gasteiger partial charge on any atom is 0.198 e. The summed E-state index contributed by atoms with van der Waals surface area (Å²) in [5.41, 5.74) is 5.81. The average molecular weight is 418 g/mol. The van der Waals surface area contributed by atoms with Crippen molar-refractivity contribution in [1.82, 2.24) is 19.9 Å². The summed E-state index contributed by atoms with van der Waals surface area (Å²) in [6, 6.07) is 10.5. The molecule has 7 nitrogen and oxygen atoms in total. The zero-order valence-electron chi connectivity index (χ0n) is 18.3. The molecule has 1 aromatic carbocycles. The van der Waals surface area contributed by atoms with Gasteiger partial charge in [0.25, 0.3) is 0 Å². The van der Waals surface area contributed by atoms with Crippen LogP contribution in [-0.4, -0.2) is 46.2 Å². The summed E-state index contributed by atoms with van der Waals surface area (Å²) >= 11 is 0. The molecule has 1 aliphatic rings. The molecule has 0 saturated carbocycles. The van der Waals surface area contributed by atoms with Crippen LogP contribution >= 0.6 is 0 Å². The zero-order valence-corrected chi connectivity index (χ0v) is 18.3. The molecule has 0 bridgehead atoms. The molecule has 0 spiro atoms. The second-order valence-electron chi connectivity index (χ2n) is 8.47. The van der Waals surface area contributed by atoms with Crippen molar-refractivity contribution in [2.45, 2.75) is 39.2 Å². The summed E-state index contributed by atoms with van der Waals surface area (Å²) in [5.74, 6) is 2.41. The van der Waals surface area contributed by atoms with Gasteiger partial charge in [-0.2, -0.15) is 0 Å². The Kier molecular flexibility index (Phi) is 4.98. The molecule has 1 N–H and O–H groups in total. The fourth-order valence-corrected chi connectivity index (χ4v) is 4.15. The largest absolute Gasteiger partial charge is 0.458 e. The van der Waals surface area contributed by atoms with E-state index in [2.05, 4.69) is 51.9 Å². The second-order valence-corrected chi connectivity index (χ2v) is 8.47. The number of aryl methyl sites for hydroxylation is 1. The number of fused-ring (bicyclic) bond motifs is 1. The van der Waals surface area contributed by atoms with E-state index in [1.165, 1.54) is 11.3 Å². The lowest BCUT2D eigenvalue weighted by atomic mass is 9.97. The molecular formula is C24H27N5O2. The van der Waals surface area contributed by atoms with Crippen molar-refractivity contribution in [2.75, 3.05) is 25.1 Å². The predicted molar refractivity (Wildman–Crippen MR) is 121 cm³/mol. The molecule has 0 radical (unpaired) electrons. The molecule has 1 aliphatic heterocycles. The lowest BCUT2D eigenvalue weighted by Crippen LogP contribution is -2.22. The molecule has 0 aliphatic carbocycles. The van der Waals surface area contributed by atoms with Crippen LogP contribution < -0.4 is 4.90 Å². The fourth-order valence-electron chi connectivity index (χ4n) is 4.15. The van der Waals surface area contributed by atoms with Gasteiger partial charge in [0.15, 0.2) is 17.2 Å². The molecule has 3 aromatic heterocycles. The Balaban J connectivity index is 1.66. The number of benzene rings is 1. The number of hydrogen-bond donors (Lipinski definition) is 1. The van der Waals surface area contributed by atoms with Gasteiger partial charge in [0, 0.05) is 31.5 Å². The van der Waals surface area contributed by atoms with E-state index < -0.39 is 0 Å². The van der Waals surface area contributed by atoms with E-state index >= 15 is 0 Å². The van der Waals surface area contributed by atoms with Crippen LogP contribution in [0.4, 0.5) is 5.69 Å². The van der Waals surface area contributed by atoms with Gasteiger partial charge in [-0.1, -0.05) is 13.8 Å². The molecule has 1 unspecified atom stereocenters. The van der Waals surface area contributed by atoms with E-state index in [4.69, 9.17) is 14.1 Å². The molecule has 1 saturated heterocycles. The summed E-state index contributed by atoms with van der Waals surface area (Å²) in [7, 11) is 1.79. The number of aromatic nitrogens is 4. The number of furan rings is 1. The lowest BCUT2D eigenvalue weighted by molar-refractivity contribution is 0.121. The van der Waals surface area contributed by atoms with Gasteiger partial charge in [-0.15, -0.1) is 0 Å². The van der Waals surface area contributed by atoms with Crippen molar-refractivity contribution >= 4 is 16.9 Å². The van der Waals surface area contributed by atoms with E-state index in [0.29, 0.717) is 23.1 Å². The maximum atomic E-state index is 5.79. The average Bonchev–Trinajstić information content (AvgIpc) is 3.52. The van der Waals surface area contributed by atoms with Gasteiger partial charge in [-0.25, -0.2) is 15.0 Å². The summed E-state index contributed by atoms with van der Waals surface area (Å²) < 4.78 is 11.4. The number of nitrogens with one attached hydrogen (secondary N) is 1. The Labute approximate surface area is 181 Å². The van der Waals surface area contributed by atoms with Gasteiger partial charge in [-0.3, -0.25) is 0 Å². The van der Waals surface area contributed by atoms with E-state index in [1.807, 2.05) is 19.1 Å². The van der Waals surface area contributed by atoms with Crippen LogP contribution in [0.1, 0.15) is 37.5 Å². The van der Waals surface area contributed by atoms with E-state index in [1.54, 1.807) is 13.4 Å². The molecule has 7 heteroatoms. The molecule has 5 rings (SSSR count). The van der Waals surface area contributed by atoms with Crippen LogP contribution in [-0.2, 0) is 4.74 Å². The van der Waals surface area contributed by atoms with Crippen LogP contribution in [0.15, 0.2) is 41.1 Å². The third-order valence-corrected chi connectivity index (χ3v) is 5.97. The monoisotopic (exact) mass is 417 g/mol. The summed E-state index contributed by atoms with van der Waals surface area (Å²) in [4.78, 5) is 19.5. The number of aromatic amines is 1. The van der Waals surface area contributed by atoms with Crippen molar-refractivity contribution in [2.24, 2.45) is 0 Å². The normalized spacial score (nSPS) is 16.7. The summed E-state index contributed by atoms with van der Waals surface area (Å²) in [6.07, 6.45) is 2.98. The van der Waals surface area contributed by atoms with Crippen LogP contribution in [0.2, 0.25) is 0 Å². The van der Waals surface area contributed by atoms with Crippen molar-refractivity contribution < 1.29 is 9.15 Å². The van der Waals surface area contributed by atoms with Gasteiger partial charge >= 0.3 is 0 Å². The molecule has 31 heavy (non-hydrogen) atoms.